The minimum absolute atomic E-state index is 0.790. The normalized spacial score (nSPS) is 31.6. The smallest absolute Gasteiger partial charge is 0.00989 e. The first-order valence-electron chi connectivity index (χ1n) is 9.21. The number of rotatable bonds is 9. The molecule has 0 spiro atoms. The molecule has 2 saturated heterocycles. The fraction of sp³-hybridized carbons (Fsp3) is 1.00. The Morgan fingerprint density at radius 3 is 2.25 bits per heavy atom. The minimum atomic E-state index is 0.790. The van der Waals surface area contributed by atoms with Crippen LogP contribution in [0.2, 0.25) is 0 Å². The second-order valence-electron chi connectivity index (χ2n) is 7.15. The van der Waals surface area contributed by atoms with Crippen molar-refractivity contribution >= 4 is 0 Å². The van der Waals surface area contributed by atoms with Gasteiger partial charge in [0.05, 0.1) is 0 Å². The van der Waals surface area contributed by atoms with Crippen molar-refractivity contribution in [1.82, 2.24) is 10.2 Å². The van der Waals surface area contributed by atoms with Crippen molar-refractivity contribution in [2.45, 2.75) is 96.2 Å². The van der Waals surface area contributed by atoms with Crippen molar-refractivity contribution in [1.29, 1.82) is 0 Å². The van der Waals surface area contributed by atoms with E-state index >= 15 is 0 Å². The highest BCUT2D eigenvalue weighted by Gasteiger charge is 2.40. The van der Waals surface area contributed by atoms with Gasteiger partial charge in [-0.3, -0.25) is 0 Å². The van der Waals surface area contributed by atoms with E-state index in [1.807, 2.05) is 0 Å². The average molecular weight is 280 g/mol. The van der Waals surface area contributed by atoms with Crippen LogP contribution in [0.1, 0.15) is 78.1 Å². The zero-order chi connectivity index (χ0) is 14.4. The van der Waals surface area contributed by atoms with Crippen molar-refractivity contribution in [3.05, 3.63) is 0 Å². The lowest BCUT2D eigenvalue weighted by Gasteiger charge is -2.40. The van der Waals surface area contributed by atoms with Crippen molar-refractivity contribution in [2.24, 2.45) is 5.92 Å². The highest BCUT2D eigenvalue weighted by Crippen LogP contribution is 2.39. The summed E-state index contributed by atoms with van der Waals surface area (Å²) in [5.74, 6) is 0.940. The van der Waals surface area contributed by atoms with E-state index in [4.69, 9.17) is 0 Å². The van der Waals surface area contributed by atoms with Gasteiger partial charge in [0.1, 0.15) is 0 Å². The molecule has 2 rings (SSSR count). The maximum atomic E-state index is 3.81. The lowest BCUT2D eigenvalue weighted by Crippen LogP contribution is -2.47. The molecular formula is C18H36N2. The highest BCUT2D eigenvalue weighted by molar-refractivity contribution is 4.96. The number of hydrogen-bond acceptors (Lipinski definition) is 2. The number of fused-ring (bicyclic) bond motifs is 2. The standard InChI is InChI=1S/C18H36N2/c1-4-6-7-8-9-10-18(19-5-2)15-13-16-11-12-17(14-15)20(16)3/h15-19H,4-14H2,1-3H3. The lowest BCUT2D eigenvalue weighted by molar-refractivity contribution is 0.110. The molecule has 0 aliphatic carbocycles. The van der Waals surface area contributed by atoms with E-state index in [1.165, 1.54) is 64.2 Å². The van der Waals surface area contributed by atoms with Gasteiger partial charge < -0.3 is 10.2 Å². The van der Waals surface area contributed by atoms with Gasteiger partial charge in [0.2, 0.25) is 0 Å². The Hall–Kier alpha value is -0.0800. The van der Waals surface area contributed by atoms with Crippen molar-refractivity contribution in [3.8, 4) is 0 Å². The topological polar surface area (TPSA) is 15.3 Å². The van der Waals surface area contributed by atoms with E-state index in [2.05, 4.69) is 31.1 Å². The predicted molar refractivity (Wildman–Crippen MR) is 88.1 cm³/mol. The van der Waals surface area contributed by atoms with Gasteiger partial charge in [0, 0.05) is 18.1 Å². The molecule has 2 aliphatic heterocycles. The predicted octanol–water partition coefficient (Wildman–Crippen LogP) is 4.20. The Morgan fingerprint density at radius 1 is 1.00 bits per heavy atom. The van der Waals surface area contributed by atoms with E-state index < -0.39 is 0 Å². The number of hydrogen-bond donors (Lipinski definition) is 1. The van der Waals surface area contributed by atoms with E-state index in [0.29, 0.717) is 0 Å². The second kappa shape index (κ2) is 8.38. The molecule has 2 heterocycles. The van der Waals surface area contributed by atoms with E-state index in [9.17, 15) is 0 Å². The third-order valence-electron chi connectivity index (χ3n) is 5.79. The first-order valence-corrected chi connectivity index (χ1v) is 9.21. The van der Waals surface area contributed by atoms with E-state index in [0.717, 1.165) is 30.6 Å². The van der Waals surface area contributed by atoms with Crippen LogP contribution in [-0.4, -0.2) is 36.6 Å². The van der Waals surface area contributed by atoms with Gasteiger partial charge in [0.25, 0.3) is 0 Å². The molecular weight excluding hydrogens is 244 g/mol. The first kappa shape index (κ1) is 16.3. The van der Waals surface area contributed by atoms with E-state index in [-0.39, 0.29) is 0 Å². The molecule has 0 saturated carbocycles. The number of nitrogens with zero attached hydrogens (tertiary/aromatic N) is 1. The van der Waals surface area contributed by atoms with Crippen LogP contribution in [-0.2, 0) is 0 Å². The van der Waals surface area contributed by atoms with Crippen LogP contribution in [0.4, 0.5) is 0 Å². The monoisotopic (exact) mass is 280 g/mol. The molecule has 2 nitrogen and oxygen atoms in total. The van der Waals surface area contributed by atoms with Crippen LogP contribution in [0.5, 0.6) is 0 Å². The minimum Gasteiger partial charge on any atom is -0.314 e. The van der Waals surface area contributed by atoms with Crippen molar-refractivity contribution in [3.63, 3.8) is 0 Å². The Bertz CT molecular complexity index is 252. The van der Waals surface area contributed by atoms with Gasteiger partial charge in [-0.25, -0.2) is 0 Å². The maximum Gasteiger partial charge on any atom is 0.00989 e. The number of nitrogens with one attached hydrogen (secondary N) is 1. The summed E-state index contributed by atoms with van der Waals surface area (Å²) in [4.78, 5) is 2.67. The third-order valence-corrected chi connectivity index (χ3v) is 5.79. The number of unbranched alkanes of at least 4 members (excludes halogenated alkanes) is 4. The molecule has 2 fully saturated rings. The molecule has 0 amide bonds. The van der Waals surface area contributed by atoms with Crippen LogP contribution >= 0.6 is 0 Å². The van der Waals surface area contributed by atoms with Gasteiger partial charge in [-0.15, -0.1) is 0 Å². The molecule has 118 valence electrons. The molecule has 3 atom stereocenters. The summed E-state index contributed by atoms with van der Waals surface area (Å²) in [5.41, 5.74) is 0. The average Bonchev–Trinajstić information content (AvgIpc) is 2.67. The molecule has 20 heavy (non-hydrogen) atoms. The summed E-state index contributed by atoms with van der Waals surface area (Å²) in [6.45, 7) is 5.71. The van der Waals surface area contributed by atoms with Crippen LogP contribution in [0, 0.1) is 5.92 Å². The van der Waals surface area contributed by atoms with Crippen LogP contribution < -0.4 is 5.32 Å². The molecule has 2 heteroatoms. The largest absolute Gasteiger partial charge is 0.314 e. The molecule has 0 radical (unpaired) electrons. The number of piperidine rings is 1. The van der Waals surface area contributed by atoms with Gasteiger partial charge in [-0.2, -0.15) is 0 Å². The first-order chi connectivity index (χ1) is 9.76. The van der Waals surface area contributed by atoms with Crippen molar-refractivity contribution < 1.29 is 0 Å². The molecule has 2 bridgehead atoms. The molecule has 2 aliphatic rings. The highest BCUT2D eigenvalue weighted by atomic mass is 15.2. The van der Waals surface area contributed by atoms with Crippen LogP contribution in [0.3, 0.4) is 0 Å². The zero-order valence-electron chi connectivity index (χ0n) is 14.0. The Balaban J connectivity index is 1.76. The summed E-state index contributed by atoms with van der Waals surface area (Å²) in [6.07, 6.45) is 14.3. The summed E-state index contributed by atoms with van der Waals surface area (Å²) >= 11 is 0. The molecule has 1 N–H and O–H groups in total. The fourth-order valence-electron chi connectivity index (χ4n) is 4.52. The summed E-state index contributed by atoms with van der Waals surface area (Å²) in [5, 5.41) is 3.81. The lowest BCUT2D eigenvalue weighted by atomic mass is 9.83. The van der Waals surface area contributed by atoms with Crippen LogP contribution in [0.15, 0.2) is 0 Å². The second-order valence-corrected chi connectivity index (χ2v) is 7.15. The van der Waals surface area contributed by atoms with E-state index in [1.54, 1.807) is 0 Å². The van der Waals surface area contributed by atoms with Gasteiger partial charge in [-0.05, 0) is 51.6 Å². The molecule has 0 aromatic rings. The fourth-order valence-corrected chi connectivity index (χ4v) is 4.52. The quantitative estimate of drug-likeness (QED) is 0.637. The van der Waals surface area contributed by atoms with Crippen molar-refractivity contribution in [2.75, 3.05) is 13.6 Å². The maximum absolute atomic E-state index is 3.81. The van der Waals surface area contributed by atoms with Gasteiger partial charge in [-0.1, -0.05) is 46.0 Å². The Morgan fingerprint density at radius 2 is 1.65 bits per heavy atom. The SMILES string of the molecule is CCCCCCCC(NCC)C1CC2CCC(C1)N2C. The summed E-state index contributed by atoms with van der Waals surface area (Å²) < 4.78 is 0. The third kappa shape index (κ3) is 4.21. The molecule has 3 unspecified atom stereocenters. The zero-order valence-corrected chi connectivity index (χ0v) is 14.0. The van der Waals surface area contributed by atoms with Gasteiger partial charge >= 0.3 is 0 Å². The Labute approximate surface area is 126 Å². The summed E-state index contributed by atoms with van der Waals surface area (Å²) in [6, 6.07) is 2.57. The molecule has 0 aromatic carbocycles. The summed E-state index contributed by atoms with van der Waals surface area (Å²) in [7, 11) is 2.35. The molecule has 0 aromatic heterocycles. The Kier molecular flexibility index (Phi) is 6.83. The van der Waals surface area contributed by atoms with Crippen LogP contribution in [0.25, 0.3) is 0 Å². The van der Waals surface area contributed by atoms with Gasteiger partial charge in [0.15, 0.2) is 0 Å².